The molecular formula is C15H22ClN3O. The standard InChI is InChI=1S/C15H21N3O.ClH/c1-18-9-6-11-2-3-13(10-14(11)18)17-15(19)12-4-7-16-8-5-12;/h2-3,10,12,16H,4-9H2,1H3,(H,17,19);1H. The van der Waals surface area contributed by atoms with E-state index in [2.05, 4.69) is 34.7 Å². The van der Waals surface area contributed by atoms with Crippen LogP contribution in [0.1, 0.15) is 18.4 Å². The van der Waals surface area contributed by atoms with Gasteiger partial charge in [0.05, 0.1) is 0 Å². The van der Waals surface area contributed by atoms with Crippen LogP contribution in [0.25, 0.3) is 0 Å². The minimum Gasteiger partial charge on any atom is -0.374 e. The van der Waals surface area contributed by atoms with Crippen molar-refractivity contribution >= 4 is 29.7 Å². The summed E-state index contributed by atoms with van der Waals surface area (Å²) in [4.78, 5) is 14.4. The molecule has 1 amide bonds. The van der Waals surface area contributed by atoms with Gasteiger partial charge in [0.2, 0.25) is 5.91 Å². The largest absolute Gasteiger partial charge is 0.374 e. The number of nitrogens with zero attached hydrogens (tertiary/aromatic N) is 1. The zero-order valence-electron chi connectivity index (χ0n) is 11.8. The van der Waals surface area contributed by atoms with Crippen LogP contribution in [0, 0.1) is 5.92 Å². The van der Waals surface area contributed by atoms with Crippen molar-refractivity contribution < 1.29 is 4.79 Å². The lowest BCUT2D eigenvalue weighted by Gasteiger charge is -2.22. The Kier molecular flexibility index (Phi) is 4.89. The van der Waals surface area contributed by atoms with Crippen molar-refractivity contribution in [1.29, 1.82) is 0 Å². The van der Waals surface area contributed by atoms with Gasteiger partial charge in [0, 0.05) is 30.9 Å². The van der Waals surface area contributed by atoms with Gasteiger partial charge in [0.1, 0.15) is 0 Å². The van der Waals surface area contributed by atoms with E-state index < -0.39 is 0 Å². The molecule has 0 aliphatic carbocycles. The molecule has 1 saturated heterocycles. The van der Waals surface area contributed by atoms with E-state index in [-0.39, 0.29) is 24.2 Å². The molecule has 2 aliphatic heterocycles. The summed E-state index contributed by atoms with van der Waals surface area (Å²) in [7, 11) is 2.10. The molecule has 0 spiro atoms. The fraction of sp³-hybridized carbons (Fsp3) is 0.533. The van der Waals surface area contributed by atoms with Crippen LogP contribution in [0.15, 0.2) is 18.2 Å². The molecule has 1 fully saturated rings. The Bertz CT molecular complexity index is 486. The van der Waals surface area contributed by atoms with Crippen molar-refractivity contribution in [2.75, 3.05) is 36.9 Å². The molecule has 1 aromatic carbocycles. The van der Waals surface area contributed by atoms with E-state index in [1.54, 1.807) is 0 Å². The molecule has 0 atom stereocenters. The Morgan fingerprint density at radius 2 is 2.10 bits per heavy atom. The van der Waals surface area contributed by atoms with Gasteiger partial charge in [-0.3, -0.25) is 4.79 Å². The van der Waals surface area contributed by atoms with E-state index in [9.17, 15) is 4.79 Å². The quantitative estimate of drug-likeness (QED) is 0.877. The molecule has 20 heavy (non-hydrogen) atoms. The molecule has 110 valence electrons. The number of hydrogen-bond acceptors (Lipinski definition) is 3. The van der Waals surface area contributed by atoms with Gasteiger partial charge in [0.25, 0.3) is 0 Å². The second-order valence-electron chi connectivity index (χ2n) is 5.53. The molecule has 0 radical (unpaired) electrons. The van der Waals surface area contributed by atoms with Gasteiger partial charge < -0.3 is 15.5 Å². The van der Waals surface area contributed by atoms with E-state index in [0.29, 0.717) is 0 Å². The maximum Gasteiger partial charge on any atom is 0.227 e. The monoisotopic (exact) mass is 295 g/mol. The van der Waals surface area contributed by atoms with Crippen molar-refractivity contribution in [3.63, 3.8) is 0 Å². The number of carbonyl (C=O) groups is 1. The third-order valence-electron chi connectivity index (χ3n) is 4.19. The first-order chi connectivity index (χ1) is 9.24. The first-order valence-electron chi connectivity index (χ1n) is 7.10. The summed E-state index contributed by atoms with van der Waals surface area (Å²) in [6, 6.07) is 6.26. The number of piperidine rings is 1. The lowest BCUT2D eigenvalue weighted by Crippen LogP contribution is -2.34. The van der Waals surface area contributed by atoms with Gasteiger partial charge in [-0.15, -0.1) is 12.4 Å². The second kappa shape index (κ2) is 6.46. The summed E-state index contributed by atoms with van der Waals surface area (Å²) >= 11 is 0. The highest BCUT2D eigenvalue weighted by Crippen LogP contribution is 2.29. The molecule has 2 heterocycles. The number of rotatable bonds is 2. The van der Waals surface area contributed by atoms with Crippen molar-refractivity contribution in [3.8, 4) is 0 Å². The summed E-state index contributed by atoms with van der Waals surface area (Å²) in [5.74, 6) is 0.328. The maximum atomic E-state index is 12.2. The fourth-order valence-corrected chi connectivity index (χ4v) is 2.95. The average Bonchev–Trinajstić information content (AvgIpc) is 2.81. The fourth-order valence-electron chi connectivity index (χ4n) is 2.95. The summed E-state index contributed by atoms with van der Waals surface area (Å²) in [6.07, 6.45) is 2.99. The van der Waals surface area contributed by atoms with E-state index in [0.717, 1.165) is 44.6 Å². The molecule has 0 unspecified atom stereocenters. The van der Waals surface area contributed by atoms with E-state index >= 15 is 0 Å². The average molecular weight is 296 g/mol. The predicted molar refractivity (Wildman–Crippen MR) is 84.9 cm³/mol. The highest BCUT2D eigenvalue weighted by molar-refractivity contribution is 5.93. The number of halogens is 1. The number of hydrogen-bond donors (Lipinski definition) is 2. The molecule has 0 saturated carbocycles. The molecule has 1 aromatic rings. The van der Waals surface area contributed by atoms with Crippen LogP contribution in [0.5, 0.6) is 0 Å². The number of benzene rings is 1. The normalized spacial score (nSPS) is 18.4. The third-order valence-corrected chi connectivity index (χ3v) is 4.19. The van der Waals surface area contributed by atoms with E-state index in [1.165, 1.54) is 11.3 Å². The first-order valence-corrected chi connectivity index (χ1v) is 7.10. The number of likely N-dealkylation sites (N-methyl/N-ethyl adjacent to an activating group) is 1. The first kappa shape index (κ1) is 15.1. The van der Waals surface area contributed by atoms with Crippen LogP contribution in [0.2, 0.25) is 0 Å². The lowest BCUT2D eigenvalue weighted by molar-refractivity contribution is -0.120. The summed E-state index contributed by atoms with van der Waals surface area (Å²) in [5, 5.41) is 6.36. The summed E-state index contributed by atoms with van der Waals surface area (Å²) in [5.41, 5.74) is 3.56. The number of anilines is 2. The molecule has 3 rings (SSSR count). The lowest BCUT2D eigenvalue weighted by atomic mass is 9.97. The maximum absolute atomic E-state index is 12.2. The zero-order chi connectivity index (χ0) is 13.2. The SMILES string of the molecule is CN1CCc2ccc(NC(=O)C3CCNCC3)cc21.Cl. The van der Waals surface area contributed by atoms with Crippen LogP contribution in [0.3, 0.4) is 0 Å². The molecule has 2 aliphatic rings. The molecule has 0 aromatic heterocycles. The summed E-state index contributed by atoms with van der Waals surface area (Å²) in [6.45, 7) is 2.97. The zero-order valence-corrected chi connectivity index (χ0v) is 12.6. The third kappa shape index (κ3) is 3.07. The van der Waals surface area contributed by atoms with Crippen molar-refractivity contribution in [2.45, 2.75) is 19.3 Å². The van der Waals surface area contributed by atoms with Crippen LogP contribution < -0.4 is 15.5 Å². The Morgan fingerprint density at radius 3 is 2.85 bits per heavy atom. The van der Waals surface area contributed by atoms with E-state index in [1.807, 2.05) is 6.07 Å². The van der Waals surface area contributed by atoms with Gasteiger partial charge in [-0.1, -0.05) is 6.07 Å². The Morgan fingerprint density at radius 1 is 1.35 bits per heavy atom. The van der Waals surface area contributed by atoms with Crippen molar-refractivity contribution in [1.82, 2.24) is 5.32 Å². The highest BCUT2D eigenvalue weighted by atomic mass is 35.5. The van der Waals surface area contributed by atoms with E-state index in [4.69, 9.17) is 0 Å². The Balaban J connectivity index is 0.00000147. The van der Waals surface area contributed by atoms with Gasteiger partial charge in [-0.05, 0) is 50.0 Å². The molecular weight excluding hydrogens is 274 g/mol. The highest BCUT2D eigenvalue weighted by Gasteiger charge is 2.22. The van der Waals surface area contributed by atoms with Gasteiger partial charge >= 0.3 is 0 Å². The smallest absolute Gasteiger partial charge is 0.227 e. The Hall–Kier alpha value is -1.26. The molecule has 0 bridgehead atoms. The van der Waals surface area contributed by atoms with Crippen LogP contribution in [-0.4, -0.2) is 32.6 Å². The second-order valence-corrected chi connectivity index (χ2v) is 5.53. The molecule has 2 N–H and O–H groups in total. The predicted octanol–water partition coefficient (Wildman–Crippen LogP) is 2.04. The van der Waals surface area contributed by atoms with Crippen molar-refractivity contribution in [2.24, 2.45) is 5.92 Å². The molecule has 4 nitrogen and oxygen atoms in total. The minimum atomic E-state index is 0. The van der Waals surface area contributed by atoms with Gasteiger partial charge in [-0.2, -0.15) is 0 Å². The number of amides is 1. The van der Waals surface area contributed by atoms with Crippen molar-refractivity contribution in [3.05, 3.63) is 23.8 Å². The van der Waals surface area contributed by atoms with Gasteiger partial charge in [0.15, 0.2) is 0 Å². The van der Waals surface area contributed by atoms with Crippen LogP contribution >= 0.6 is 12.4 Å². The summed E-state index contributed by atoms with van der Waals surface area (Å²) < 4.78 is 0. The number of fused-ring (bicyclic) bond motifs is 1. The van der Waals surface area contributed by atoms with Crippen LogP contribution in [-0.2, 0) is 11.2 Å². The molecule has 5 heteroatoms. The minimum absolute atomic E-state index is 0. The van der Waals surface area contributed by atoms with Crippen LogP contribution in [0.4, 0.5) is 11.4 Å². The number of carbonyl (C=O) groups excluding carboxylic acids is 1. The van der Waals surface area contributed by atoms with Gasteiger partial charge in [-0.25, -0.2) is 0 Å². The number of nitrogens with one attached hydrogen (secondary N) is 2. The topological polar surface area (TPSA) is 44.4 Å². The Labute approximate surface area is 126 Å².